The van der Waals surface area contributed by atoms with Gasteiger partial charge in [0.1, 0.15) is 18.1 Å². The highest BCUT2D eigenvalue weighted by atomic mass is 16.5. The molecule has 152 valence electrons. The molecule has 30 heavy (non-hydrogen) atoms. The molecule has 0 heterocycles. The number of carbonyl (C=O) groups is 1. The molecule has 0 saturated carbocycles. The summed E-state index contributed by atoms with van der Waals surface area (Å²) in [6.45, 7) is 2.76. The van der Waals surface area contributed by atoms with Crippen molar-refractivity contribution in [1.82, 2.24) is 5.32 Å². The molecule has 4 nitrogen and oxygen atoms in total. The van der Waals surface area contributed by atoms with Crippen LogP contribution in [0.3, 0.4) is 0 Å². The van der Waals surface area contributed by atoms with Gasteiger partial charge in [0.15, 0.2) is 6.10 Å². The molecule has 0 bridgehead atoms. The molecule has 4 rings (SSSR count). The molecule has 1 amide bonds. The van der Waals surface area contributed by atoms with Crippen molar-refractivity contribution in [3.05, 3.63) is 84.9 Å². The van der Waals surface area contributed by atoms with E-state index in [0.717, 1.165) is 27.7 Å². The Balaban J connectivity index is 1.31. The van der Waals surface area contributed by atoms with Gasteiger partial charge in [-0.15, -0.1) is 0 Å². The summed E-state index contributed by atoms with van der Waals surface area (Å²) < 4.78 is 11.8. The van der Waals surface area contributed by atoms with Gasteiger partial charge in [-0.25, -0.2) is 0 Å². The van der Waals surface area contributed by atoms with Crippen LogP contribution in [0, 0.1) is 0 Å². The monoisotopic (exact) mass is 399 g/mol. The van der Waals surface area contributed by atoms with E-state index in [2.05, 4.69) is 17.4 Å². The van der Waals surface area contributed by atoms with Crippen LogP contribution in [0.4, 0.5) is 0 Å². The minimum Gasteiger partial charge on any atom is -0.492 e. The van der Waals surface area contributed by atoms with Crippen molar-refractivity contribution in [3.63, 3.8) is 0 Å². The second-order valence-corrected chi connectivity index (χ2v) is 7.14. The predicted octanol–water partition coefficient (Wildman–Crippen LogP) is 5.35. The molecule has 0 radical (unpaired) electrons. The summed E-state index contributed by atoms with van der Waals surface area (Å²) in [6.07, 6.45) is 0.0390. The molecule has 0 aliphatic heterocycles. The molecule has 0 saturated heterocycles. The SMILES string of the molecule is CCC(Oc1cccc2ccccc12)C(=O)NCCOc1ccc2ccccc2c1. The number of carbonyl (C=O) groups excluding carboxylic acids is 1. The standard InChI is InChI=1S/C26H25NO3/c1-2-24(30-25-13-7-11-20-9-5-6-12-23(20)25)26(28)27-16-17-29-22-15-14-19-8-3-4-10-21(19)18-22/h3-15,18,24H,2,16-17H2,1H3,(H,27,28). The van der Waals surface area contributed by atoms with Crippen molar-refractivity contribution in [3.8, 4) is 11.5 Å². The summed E-state index contributed by atoms with van der Waals surface area (Å²) in [6, 6.07) is 28.0. The number of fused-ring (bicyclic) bond motifs is 2. The van der Waals surface area contributed by atoms with E-state index in [9.17, 15) is 4.79 Å². The van der Waals surface area contributed by atoms with Crippen LogP contribution in [0.25, 0.3) is 21.5 Å². The highest BCUT2D eigenvalue weighted by molar-refractivity contribution is 5.89. The molecule has 0 spiro atoms. The van der Waals surface area contributed by atoms with E-state index in [-0.39, 0.29) is 5.91 Å². The maximum atomic E-state index is 12.6. The first kappa shape index (κ1) is 19.8. The zero-order chi connectivity index (χ0) is 20.8. The summed E-state index contributed by atoms with van der Waals surface area (Å²) in [5.41, 5.74) is 0. The molecular weight excluding hydrogens is 374 g/mol. The minimum absolute atomic E-state index is 0.132. The lowest BCUT2D eigenvalue weighted by Gasteiger charge is -2.18. The third-order valence-corrected chi connectivity index (χ3v) is 5.07. The van der Waals surface area contributed by atoms with E-state index in [1.54, 1.807) is 0 Å². The van der Waals surface area contributed by atoms with E-state index in [1.807, 2.05) is 79.7 Å². The van der Waals surface area contributed by atoms with Crippen LogP contribution < -0.4 is 14.8 Å². The Bertz CT molecular complexity index is 1150. The van der Waals surface area contributed by atoms with Crippen LogP contribution in [-0.2, 0) is 4.79 Å². The van der Waals surface area contributed by atoms with Gasteiger partial charge in [0, 0.05) is 5.39 Å². The zero-order valence-electron chi connectivity index (χ0n) is 17.0. The van der Waals surface area contributed by atoms with E-state index >= 15 is 0 Å². The fraction of sp³-hybridized carbons (Fsp3) is 0.192. The molecule has 1 atom stereocenters. The first-order valence-corrected chi connectivity index (χ1v) is 10.3. The molecular formula is C26H25NO3. The fourth-order valence-corrected chi connectivity index (χ4v) is 3.49. The van der Waals surface area contributed by atoms with Crippen molar-refractivity contribution in [1.29, 1.82) is 0 Å². The van der Waals surface area contributed by atoms with Crippen molar-refractivity contribution in [2.45, 2.75) is 19.4 Å². The molecule has 0 aliphatic rings. The van der Waals surface area contributed by atoms with E-state index in [4.69, 9.17) is 9.47 Å². The number of benzene rings is 4. The average molecular weight is 399 g/mol. The Morgan fingerprint density at radius 1 is 0.867 bits per heavy atom. The fourth-order valence-electron chi connectivity index (χ4n) is 3.49. The summed E-state index contributed by atoms with van der Waals surface area (Å²) >= 11 is 0. The normalized spacial score (nSPS) is 11.9. The summed E-state index contributed by atoms with van der Waals surface area (Å²) in [4.78, 5) is 12.6. The van der Waals surface area contributed by atoms with Gasteiger partial charge in [-0.05, 0) is 40.8 Å². The van der Waals surface area contributed by atoms with Gasteiger partial charge in [0.25, 0.3) is 5.91 Å². The van der Waals surface area contributed by atoms with Gasteiger partial charge in [-0.2, -0.15) is 0 Å². The van der Waals surface area contributed by atoms with Crippen LogP contribution in [0.1, 0.15) is 13.3 Å². The second-order valence-electron chi connectivity index (χ2n) is 7.14. The average Bonchev–Trinajstić information content (AvgIpc) is 2.80. The maximum absolute atomic E-state index is 12.6. The topological polar surface area (TPSA) is 47.6 Å². The number of rotatable bonds is 8. The molecule has 1 unspecified atom stereocenters. The summed E-state index contributed by atoms with van der Waals surface area (Å²) in [7, 11) is 0. The predicted molar refractivity (Wildman–Crippen MR) is 121 cm³/mol. The third kappa shape index (κ3) is 4.54. The number of amides is 1. The molecule has 4 heteroatoms. The van der Waals surface area contributed by atoms with Gasteiger partial charge in [0.05, 0.1) is 6.54 Å². The Hall–Kier alpha value is -3.53. The van der Waals surface area contributed by atoms with Gasteiger partial charge in [0.2, 0.25) is 0 Å². The molecule has 4 aromatic carbocycles. The maximum Gasteiger partial charge on any atom is 0.261 e. The van der Waals surface area contributed by atoms with Crippen molar-refractivity contribution >= 4 is 27.5 Å². The van der Waals surface area contributed by atoms with Gasteiger partial charge < -0.3 is 14.8 Å². The molecule has 0 aromatic heterocycles. The van der Waals surface area contributed by atoms with Crippen molar-refractivity contribution in [2.24, 2.45) is 0 Å². The van der Waals surface area contributed by atoms with Crippen LogP contribution in [0.15, 0.2) is 84.9 Å². The van der Waals surface area contributed by atoms with Gasteiger partial charge in [-0.3, -0.25) is 4.79 Å². The van der Waals surface area contributed by atoms with Gasteiger partial charge in [-0.1, -0.05) is 73.7 Å². The lowest BCUT2D eigenvalue weighted by atomic mass is 10.1. The van der Waals surface area contributed by atoms with Crippen molar-refractivity contribution in [2.75, 3.05) is 13.2 Å². The zero-order valence-corrected chi connectivity index (χ0v) is 17.0. The Kier molecular flexibility index (Phi) is 6.14. The molecule has 0 fully saturated rings. The minimum atomic E-state index is -0.545. The molecule has 0 aliphatic carbocycles. The van der Waals surface area contributed by atoms with E-state index < -0.39 is 6.10 Å². The Labute approximate surface area is 176 Å². The first-order valence-electron chi connectivity index (χ1n) is 10.3. The number of ether oxygens (including phenoxy) is 2. The van der Waals surface area contributed by atoms with Crippen LogP contribution in [0.5, 0.6) is 11.5 Å². The molecule has 1 N–H and O–H groups in total. The van der Waals surface area contributed by atoms with E-state index in [1.165, 1.54) is 5.39 Å². The highest BCUT2D eigenvalue weighted by Gasteiger charge is 2.18. The lowest BCUT2D eigenvalue weighted by Crippen LogP contribution is -2.39. The lowest BCUT2D eigenvalue weighted by molar-refractivity contribution is -0.128. The molecule has 4 aromatic rings. The van der Waals surface area contributed by atoms with Crippen LogP contribution >= 0.6 is 0 Å². The quantitative estimate of drug-likeness (QED) is 0.407. The number of nitrogens with one attached hydrogen (secondary N) is 1. The first-order chi connectivity index (χ1) is 14.7. The third-order valence-electron chi connectivity index (χ3n) is 5.07. The largest absolute Gasteiger partial charge is 0.492 e. The van der Waals surface area contributed by atoms with Gasteiger partial charge >= 0.3 is 0 Å². The second kappa shape index (κ2) is 9.31. The summed E-state index contributed by atoms with van der Waals surface area (Å²) in [5.74, 6) is 1.39. The summed E-state index contributed by atoms with van der Waals surface area (Å²) in [5, 5.41) is 7.33. The highest BCUT2D eigenvalue weighted by Crippen LogP contribution is 2.26. The Morgan fingerprint density at radius 3 is 2.43 bits per heavy atom. The smallest absolute Gasteiger partial charge is 0.261 e. The number of hydrogen-bond donors (Lipinski definition) is 1. The van der Waals surface area contributed by atoms with E-state index in [0.29, 0.717) is 19.6 Å². The van der Waals surface area contributed by atoms with Crippen LogP contribution in [-0.4, -0.2) is 25.2 Å². The Morgan fingerprint density at radius 2 is 1.60 bits per heavy atom. The number of hydrogen-bond acceptors (Lipinski definition) is 3. The van der Waals surface area contributed by atoms with Crippen molar-refractivity contribution < 1.29 is 14.3 Å². The van der Waals surface area contributed by atoms with Crippen LogP contribution in [0.2, 0.25) is 0 Å².